The molecular formula is C13H16F3N5OS. The van der Waals surface area contributed by atoms with Crippen molar-refractivity contribution in [3.63, 3.8) is 0 Å². The number of ether oxygens (including phenoxy) is 1. The molecule has 23 heavy (non-hydrogen) atoms. The summed E-state index contributed by atoms with van der Waals surface area (Å²) in [7, 11) is 0. The Hall–Kier alpha value is -1.52. The number of alkyl halides is 3. The van der Waals surface area contributed by atoms with E-state index in [4.69, 9.17) is 4.74 Å². The van der Waals surface area contributed by atoms with E-state index in [1.165, 1.54) is 0 Å². The number of halogens is 3. The normalized spacial score (nSPS) is 23.3. The average molecular weight is 347 g/mol. The molecule has 0 radical (unpaired) electrons. The smallest absolute Gasteiger partial charge is 0.368 e. The number of thiophene rings is 1. The lowest BCUT2D eigenvalue weighted by atomic mass is 10.1. The van der Waals surface area contributed by atoms with E-state index in [2.05, 4.69) is 15.5 Å². The molecule has 1 fully saturated rings. The Kier molecular flexibility index (Phi) is 4.64. The minimum absolute atomic E-state index is 0.0133. The predicted molar refractivity (Wildman–Crippen MR) is 76.8 cm³/mol. The Morgan fingerprint density at radius 2 is 2.22 bits per heavy atom. The number of tetrazole rings is 1. The van der Waals surface area contributed by atoms with E-state index in [1.54, 1.807) is 11.3 Å². The van der Waals surface area contributed by atoms with Crippen molar-refractivity contribution in [2.24, 2.45) is 0 Å². The van der Waals surface area contributed by atoms with Crippen LogP contribution in [0.15, 0.2) is 16.8 Å². The van der Waals surface area contributed by atoms with Crippen molar-refractivity contribution in [1.29, 1.82) is 0 Å². The first-order valence-electron chi connectivity index (χ1n) is 7.12. The molecule has 2 unspecified atom stereocenters. The first-order valence-corrected chi connectivity index (χ1v) is 8.07. The second kappa shape index (κ2) is 6.54. The van der Waals surface area contributed by atoms with E-state index in [1.807, 2.05) is 28.7 Å². The van der Waals surface area contributed by atoms with Gasteiger partial charge in [-0.05, 0) is 39.7 Å². The minimum Gasteiger partial charge on any atom is -0.368 e. The van der Waals surface area contributed by atoms with E-state index >= 15 is 0 Å². The van der Waals surface area contributed by atoms with E-state index < -0.39 is 12.7 Å². The molecule has 0 N–H and O–H groups in total. The summed E-state index contributed by atoms with van der Waals surface area (Å²) in [5.41, 5.74) is 1.08. The summed E-state index contributed by atoms with van der Waals surface area (Å²) < 4.78 is 44.3. The maximum absolute atomic E-state index is 12.5. The number of aromatic nitrogens is 4. The monoisotopic (exact) mass is 347 g/mol. The third-order valence-electron chi connectivity index (χ3n) is 3.55. The molecule has 1 aliphatic rings. The first kappa shape index (κ1) is 16.3. The Morgan fingerprint density at radius 1 is 1.39 bits per heavy atom. The van der Waals surface area contributed by atoms with Crippen molar-refractivity contribution in [2.45, 2.75) is 38.4 Å². The fourth-order valence-electron chi connectivity index (χ4n) is 2.64. The number of hydrogen-bond donors (Lipinski definition) is 0. The standard InChI is InChI=1S/C13H16F3N5OS/c1-9-4-20(5-11(22-9)10-2-3-23-7-10)6-12-17-18-19-21(12)8-13(14,15)16/h2-3,7,9,11H,4-6,8H2,1H3. The average Bonchev–Trinajstić information content (AvgIpc) is 3.09. The molecule has 2 aromatic heterocycles. The molecule has 10 heteroatoms. The van der Waals surface area contributed by atoms with Gasteiger partial charge >= 0.3 is 6.18 Å². The molecule has 3 heterocycles. The van der Waals surface area contributed by atoms with Gasteiger partial charge in [0.15, 0.2) is 5.82 Å². The van der Waals surface area contributed by atoms with Crippen LogP contribution in [-0.4, -0.2) is 50.5 Å². The highest BCUT2D eigenvalue weighted by Gasteiger charge is 2.32. The lowest BCUT2D eigenvalue weighted by Crippen LogP contribution is -2.42. The first-order chi connectivity index (χ1) is 10.9. The fourth-order valence-corrected chi connectivity index (χ4v) is 3.34. The van der Waals surface area contributed by atoms with Gasteiger partial charge in [0.2, 0.25) is 0 Å². The molecular weight excluding hydrogens is 331 g/mol. The van der Waals surface area contributed by atoms with Crippen LogP contribution in [0.5, 0.6) is 0 Å². The summed E-state index contributed by atoms with van der Waals surface area (Å²) >= 11 is 1.59. The van der Waals surface area contributed by atoms with Crippen molar-refractivity contribution in [1.82, 2.24) is 25.1 Å². The van der Waals surface area contributed by atoms with E-state index in [0.29, 0.717) is 13.1 Å². The van der Waals surface area contributed by atoms with Crippen molar-refractivity contribution in [2.75, 3.05) is 13.1 Å². The van der Waals surface area contributed by atoms with E-state index in [-0.39, 0.29) is 24.6 Å². The molecule has 0 aliphatic carbocycles. The zero-order chi connectivity index (χ0) is 16.4. The second-order valence-electron chi connectivity index (χ2n) is 5.55. The van der Waals surface area contributed by atoms with Gasteiger partial charge in [-0.25, -0.2) is 4.68 Å². The van der Waals surface area contributed by atoms with Crippen molar-refractivity contribution >= 4 is 11.3 Å². The van der Waals surface area contributed by atoms with Gasteiger partial charge in [-0.15, -0.1) is 5.10 Å². The summed E-state index contributed by atoms with van der Waals surface area (Å²) in [5.74, 6) is 0.209. The van der Waals surface area contributed by atoms with E-state index in [9.17, 15) is 13.2 Å². The number of hydrogen-bond acceptors (Lipinski definition) is 6. The third kappa shape index (κ3) is 4.27. The fraction of sp³-hybridized carbons (Fsp3) is 0.615. The molecule has 0 spiro atoms. The van der Waals surface area contributed by atoms with Crippen molar-refractivity contribution in [3.05, 3.63) is 28.2 Å². The highest BCUT2D eigenvalue weighted by molar-refractivity contribution is 7.07. The minimum atomic E-state index is -4.35. The summed E-state index contributed by atoms with van der Waals surface area (Å²) in [4.78, 5) is 2.02. The predicted octanol–water partition coefficient (Wildman–Crippen LogP) is 2.26. The molecule has 2 aromatic rings. The summed E-state index contributed by atoms with van der Waals surface area (Å²) in [6, 6.07) is 2.00. The zero-order valence-electron chi connectivity index (χ0n) is 12.4. The van der Waals surface area contributed by atoms with Crippen LogP contribution in [0.2, 0.25) is 0 Å². The highest BCUT2D eigenvalue weighted by Crippen LogP contribution is 2.27. The van der Waals surface area contributed by atoms with Crippen LogP contribution in [0.3, 0.4) is 0 Å². The lowest BCUT2D eigenvalue weighted by Gasteiger charge is -2.36. The molecule has 0 bridgehead atoms. The van der Waals surface area contributed by atoms with Gasteiger partial charge in [0.25, 0.3) is 0 Å². The van der Waals surface area contributed by atoms with Crippen LogP contribution >= 0.6 is 11.3 Å². The van der Waals surface area contributed by atoms with Gasteiger partial charge in [-0.2, -0.15) is 24.5 Å². The molecule has 0 saturated carbocycles. The SMILES string of the molecule is CC1CN(Cc2nnnn2CC(F)(F)F)CC(c2ccsc2)O1. The van der Waals surface area contributed by atoms with Crippen molar-refractivity contribution in [3.8, 4) is 0 Å². The third-order valence-corrected chi connectivity index (χ3v) is 4.25. The number of nitrogens with zero attached hydrogens (tertiary/aromatic N) is 5. The van der Waals surface area contributed by atoms with Crippen LogP contribution in [-0.2, 0) is 17.8 Å². The molecule has 0 aromatic carbocycles. The molecule has 6 nitrogen and oxygen atoms in total. The van der Waals surface area contributed by atoms with Gasteiger partial charge in [-0.3, -0.25) is 4.90 Å². The molecule has 3 rings (SSSR count). The van der Waals surface area contributed by atoms with Gasteiger partial charge in [-0.1, -0.05) is 0 Å². The highest BCUT2D eigenvalue weighted by atomic mass is 32.1. The summed E-state index contributed by atoms with van der Waals surface area (Å²) in [6.07, 6.45) is -4.45. The maximum atomic E-state index is 12.5. The van der Waals surface area contributed by atoms with Crippen LogP contribution in [0, 0.1) is 0 Å². The lowest BCUT2D eigenvalue weighted by molar-refractivity contribution is -0.143. The molecule has 1 saturated heterocycles. The van der Waals surface area contributed by atoms with Gasteiger partial charge < -0.3 is 4.74 Å². The summed E-state index contributed by atoms with van der Waals surface area (Å²) in [6.45, 7) is 2.25. The maximum Gasteiger partial charge on any atom is 0.408 e. The van der Waals surface area contributed by atoms with Crippen LogP contribution in [0.1, 0.15) is 24.4 Å². The van der Waals surface area contributed by atoms with Gasteiger partial charge in [0.1, 0.15) is 6.54 Å². The van der Waals surface area contributed by atoms with Crippen molar-refractivity contribution < 1.29 is 17.9 Å². The quantitative estimate of drug-likeness (QED) is 0.849. The molecule has 0 amide bonds. The van der Waals surface area contributed by atoms with Gasteiger partial charge in [0.05, 0.1) is 18.8 Å². The van der Waals surface area contributed by atoms with Crippen LogP contribution < -0.4 is 0 Å². The number of morpholine rings is 1. The molecule has 126 valence electrons. The van der Waals surface area contributed by atoms with Crippen LogP contribution in [0.25, 0.3) is 0 Å². The van der Waals surface area contributed by atoms with Crippen LogP contribution in [0.4, 0.5) is 13.2 Å². The van der Waals surface area contributed by atoms with E-state index in [0.717, 1.165) is 10.2 Å². The number of rotatable bonds is 4. The second-order valence-corrected chi connectivity index (χ2v) is 6.33. The Bertz CT molecular complexity index is 630. The molecule has 2 atom stereocenters. The molecule has 1 aliphatic heterocycles. The topological polar surface area (TPSA) is 56.1 Å². The Balaban J connectivity index is 1.69. The Labute approximate surface area is 134 Å². The largest absolute Gasteiger partial charge is 0.408 e. The summed E-state index contributed by atoms with van der Waals surface area (Å²) in [5, 5.41) is 14.5. The Morgan fingerprint density at radius 3 is 2.91 bits per heavy atom. The zero-order valence-corrected chi connectivity index (χ0v) is 13.2. The van der Waals surface area contributed by atoms with Gasteiger partial charge in [0, 0.05) is 13.1 Å².